The first-order valence-corrected chi connectivity index (χ1v) is 4.87. The van der Waals surface area contributed by atoms with Crippen LogP contribution in [0.5, 0.6) is 0 Å². The molecule has 0 spiro atoms. The van der Waals surface area contributed by atoms with E-state index in [0.717, 1.165) is 0 Å². The molecule has 0 bridgehead atoms. The lowest BCUT2D eigenvalue weighted by atomic mass is 10.1. The van der Waals surface area contributed by atoms with Crippen molar-refractivity contribution < 1.29 is 9.47 Å². The molecule has 1 saturated carbocycles. The quantitative estimate of drug-likeness (QED) is 0.670. The zero-order valence-corrected chi connectivity index (χ0v) is 7.37. The lowest BCUT2D eigenvalue weighted by molar-refractivity contribution is -0.0932. The molecule has 2 rings (SSSR count). The van der Waals surface area contributed by atoms with Gasteiger partial charge in [-0.05, 0) is 12.8 Å². The molecular weight excluding hydrogens is 154 g/mol. The van der Waals surface area contributed by atoms with Gasteiger partial charge in [-0.25, -0.2) is 0 Å². The van der Waals surface area contributed by atoms with Gasteiger partial charge in [0.15, 0.2) is 6.29 Å². The van der Waals surface area contributed by atoms with Crippen LogP contribution in [0, 0.1) is 5.92 Å². The molecule has 0 aromatic heterocycles. The normalized spacial score (nSPS) is 37.8. The van der Waals surface area contributed by atoms with Crippen molar-refractivity contribution in [3.8, 4) is 0 Å². The lowest BCUT2D eigenvalue weighted by Gasteiger charge is -2.16. The van der Waals surface area contributed by atoms with Crippen LogP contribution in [-0.2, 0) is 9.47 Å². The fourth-order valence-electron chi connectivity index (χ4n) is 2.07. The molecule has 2 unspecified atom stereocenters. The topological polar surface area (TPSA) is 44.5 Å². The van der Waals surface area contributed by atoms with E-state index in [1.807, 2.05) is 0 Å². The van der Waals surface area contributed by atoms with Crippen LogP contribution in [0.2, 0.25) is 0 Å². The maximum Gasteiger partial charge on any atom is 0.161 e. The van der Waals surface area contributed by atoms with E-state index in [-0.39, 0.29) is 12.4 Å². The Morgan fingerprint density at radius 1 is 1.25 bits per heavy atom. The molecule has 0 aromatic carbocycles. The van der Waals surface area contributed by atoms with E-state index in [1.165, 1.54) is 25.7 Å². The standard InChI is InChI=1S/C9H17NO2/c10-5-8-6-11-9(12-8)7-3-1-2-4-7/h7-9H,1-6,10H2. The van der Waals surface area contributed by atoms with Gasteiger partial charge in [0.25, 0.3) is 0 Å². The number of hydrogen-bond acceptors (Lipinski definition) is 3. The molecule has 2 aliphatic rings. The van der Waals surface area contributed by atoms with Crippen LogP contribution in [0.15, 0.2) is 0 Å². The van der Waals surface area contributed by atoms with Crippen LogP contribution in [-0.4, -0.2) is 25.5 Å². The van der Waals surface area contributed by atoms with E-state index >= 15 is 0 Å². The van der Waals surface area contributed by atoms with E-state index in [0.29, 0.717) is 19.1 Å². The first-order valence-electron chi connectivity index (χ1n) is 4.87. The van der Waals surface area contributed by atoms with Gasteiger partial charge in [0.2, 0.25) is 0 Å². The first-order chi connectivity index (χ1) is 5.90. The molecule has 1 heterocycles. The monoisotopic (exact) mass is 171 g/mol. The second-order valence-electron chi connectivity index (χ2n) is 3.74. The smallest absolute Gasteiger partial charge is 0.161 e. The van der Waals surface area contributed by atoms with Crippen molar-refractivity contribution in [3.05, 3.63) is 0 Å². The molecule has 2 fully saturated rings. The Bertz CT molecular complexity index is 145. The van der Waals surface area contributed by atoms with E-state index < -0.39 is 0 Å². The van der Waals surface area contributed by atoms with Gasteiger partial charge in [0.1, 0.15) is 0 Å². The van der Waals surface area contributed by atoms with Crippen molar-refractivity contribution in [2.45, 2.75) is 38.1 Å². The second kappa shape index (κ2) is 3.73. The van der Waals surface area contributed by atoms with Gasteiger partial charge in [0, 0.05) is 12.5 Å². The van der Waals surface area contributed by atoms with Crippen LogP contribution in [0.1, 0.15) is 25.7 Å². The third-order valence-electron chi connectivity index (χ3n) is 2.82. The van der Waals surface area contributed by atoms with Gasteiger partial charge in [-0.3, -0.25) is 0 Å². The minimum atomic E-state index is 0.0565. The molecule has 2 N–H and O–H groups in total. The Hall–Kier alpha value is -0.120. The van der Waals surface area contributed by atoms with Crippen LogP contribution < -0.4 is 5.73 Å². The Balaban J connectivity index is 1.81. The van der Waals surface area contributed by atoms with Crippen LogP contribution >= 0.6 is 0 Å². The van der Waals surface area contributed by atoms with Crippen molar-refractivity contribution in [3.63, 3.8) is 0 Å². The maximum absolute atomic E-state index is 5.65. The molecule has 1 aliphatic heterocycles. The average molecular weight is 171 g/mol. The Labute approximate surface area is 73.2 Å². The maximum atomic E-state index is 5.65. The number of hydrogen-bond donors (Lipinski definition) is 1. The highest BCUT2D eigenvalue weighted by Gasteiger charge is 2.33. The summed E-state index contributed by atoms with van der Waals surface area (Å²) in [6, 6.07) is 0. The predicted molar refractivity (Wildman–Crippen MR) is 45.6 cm³/mol. The summed E-state index contributed by atoms with van der Waals surface area (Å²) in [4.78, 5) is 0. The average Bonchev–Trinajstić information content (AvgIpc) is 2.75. The molecule has 0 aromatic rings. The summed E-state index contributed by atoms with van der Waals surface area (Å²) in [6.07, 6.45) is 5.41. The van der Waals surface area contributed by atoms with Crippen molar-refractivity contribution >= 4 is 0 Å². The van der Waals surface area contributed by atoms with Crippen LogP contribution in [0.3, 0.4) is 0 Å². The Morgan fingerprint density at radius 2 is 2.00 bits per heavy atom. The van der Waals surface area contributed by atoms with Gasteiger partial charge in [-0.1, -0.05) is 12.8 Å². The van der Waals surface area contributed by atoms with E-state index in [1.54, 1.807) is 0 Å². The summed E-state index contributed by atoms with van der Waals surface area (Å²) < 4.78 is 11.2. The molecular formula is C9H17NO2. The largest absolute Gasteiger partial charge is 0.350 e. The van der Waals surface area contributed by atoms with Crippen molar-refractivity contribution in [1.29, 1.82) is 0 Å². The SMILES string of the molecule is NCC1COC(C2CCCC2)O1. The molecule has 12 heavy (non-hydrogen) atoms. The molecule has 3 nitrogen and oxygen atoms in total. The van der Waals surface area contributed by atoms with E-state index in [2.05, 4.69) is 0 Å². The van der Waals surface area contributed by atoms with Gasteiger partial charge in [-0.15, -0.1) is 0 Å². The van der Waals surface area contributed by atoms with Crippen molar-refractivity contribution in [1.82, 2.24) is 0 Å². The fraction of sp³-hybridized carbons (Fsp3) is 1.00. The summed E-state index contributed by atoms with van der Waals surface area (Å²) in [6.45, 7) is 1.28. The number of rotatable bonds is 2. The highest BCUT2D eigenvalue weighted by atomic mass is 16.7. The first kappa shape index (κ1) is 8.48. The number of nitrogens with two attached hydrogens (primary N) is 1. The van der Waals surface area contributed by atoms with E-state index in [4.69, 9.17) is 15.2 Å². The van der Waals surface area contributed by atoms with E-state index in [9.17, 15) is 0 Å². The molecule has 70 valence electrons. The molecule has 1 saturated heterocycles. The lowest BCUT2D eigenvalue weighted by Crippen LogP contribution is -2.24. The Kier molecular flexibility index (Phi) is 2.63. The minimum absolute atomic E-state index is 0.0565. The third-order valence-corrected chi connectivity index (χ3v) is 2.82. The van der Waals surface area contributed by atoms with Gasteiger partial charge in [-0.2, -0.15) is 0 Å². The summed E-state index contributed by atoms with van der Waals surface area (Å²) in [5.74, 6) is 0.640. The Morgan fingerprint density at radius 3 is 2.58 bits per heavy atom. The predicted octanol–water partition coefficient (Wildman–Crippen LogP) is 0.877. The summed E-state index contributed by atoms with van der Waals surface area (Å²) in [7, 11) is 0. The fourth-order valence-corrected chi connectivity index (χ4v) is 2.07. The summed E-state index contributed by atoms with van der Waals surface area (Å²) in [5, 5.41) is 0. The molecule has 1 aliphatic carbocycles. The van der Waals surface area contributed by atoms with Gasteiger partial charge < -0.3 is 15.2 Å². The van der Waals surface area contributed by atoms with Gasteiger partial charge in [0.05, 0.1) is 12.7 Å². The highest BCUT2D eigenvalue weighted by molar-refractivity contribution is 4.76. The van der Waals surface area contributed by atoms with Crippen LogP contribution in [0.4, 0.5) is 0 Å². The van der Waals surface area contributed by atoms with Crippen molar-refractivity contribution in [2.24, 2.45) is 11.7 Å². The zero-order chi connectivity index (χ0) is 8.39. The molecule has 2 atom stereocenters. The highest BCUT2D eigenvalue weighted by Crippen LogP contribution is 2.32. The molecule has 3 heteroatoms. The van der Waals surface area contributed by atoms with Gasteiger partial charge >= 0.3 is 0 Å². The molecule has 0 radical (unpaired) electrons. The molecule has 0 amide bonds. The van der Waals surface area contributed by atoms with Crippen LogP contribution in [0.25, 0.3) is 0 Å². The summed E-state index contributed by atoms with van der Waals surface area (Å²) >= 11 is 0. The third kappa shape index (κ3) is 1.63. The zero-order valence-electron chi connectivity index (χ0n) is 7.37. The number of ether oxygens (including phenoxy) is 2. The minimum Gasteiger partial charge on any atom is -0.350 e. The van der Waals surface area contributed by atoms with Crippen molar-refractivity contribution in [2.75, 3.05) is 13.2 Å². The second-order valence-corrected chi connectivity index (χ2v) is 3.74. The summed E-state index contributed by atoms with van der Waals surface area (Å²) in [5.41, 5.74) is 5.49.